The second kappa shape index (κ2) is 8.48. The second-order valence-corrected chi connectivity index (χ2v) is 7.54. The first kappa shape index (κ1) is 18.6. The first-order valence-corrected chi connectivity index (χ1v) is 9.49. The zero-order valence-electron chi connectivity index (χ0n) is 16.0. The molecule has 3 rings (SSSR count). The normalized spacial score (nSPS) is 14.1. The summed E-state index contributed by atoms with van der Waals surface area (Å²) in [6.07, 6.45) is -0.461. The van der Waals surface area contributed by atoms with E-state index >= 15 is 0 Å². The molecule has 26 heavy (non-hydrogen) atoms. The minimum Gasteiger partial charge on any atom is -0.388 e. The van der Waals surface area contributed by atoms with Gasteiger partial charge in [0.1, 0.15) is 0 Å². The fourth-order valence-corrected chi connectivity index (χ4v) is 3.47. The van der Waals surface area contributed by atoms with E-state index in [1.54, 1.807) is 0 Å². The summed E-state index contributed by atoms with van der Waals surface area (Å²) < 4.78 is 0. The van der Waals surface area contributed by atoms with Gasteiger partial charge in [0.2, 0.25) is 0 Å². The Labute approximate surface area is 157 Å². The Morgan fingerprint density at radius 3 is 2.15 bits per heavy atom. The molecule has 0 amide bonds. The summed E-state index contributed by atoms with van der Waals surface area (Å²) in [6.45, 7) is 8.35. The lowest BCUT2D eigenvalue weighted by Gasteiger charge is -2.31. The van der Waals surface area contributed by atoms with Gasteiger partial charge in [-0.25, -0.2) is 0 Å². The van der Waals surface area contributed by atoms with Crippen molar-refractivity contribution in [2.45, 2.75) is 39.5 Å². The molecule has 2 nitrogen and oxygen atoms in total. The number of hydrogen-bond acceptors (Lipinski definition) is 2. The van der Waals surface area contributed by atoms with E-state index in [0.717, 1.165) is 18.7 Å². The molecule has 0 fully saturated rings. The van der Waals surface area contributed by atoms with Gasteiger partial charge in [0.15, 0.2) is 0 Å². The summed E-state index contributed by atoms with van der Waals surface area (Å²) in [6, 6.07) is 25.6. The van der Waals surface area contributed by atoms with E-state index in [1.165, 1.54) is 16.3 Å². The fourth-order valence-electron chi connectivity index (χ4n) is 3.47. The van der Waals surface area contributed by atoms with E-state index in [9.17, 15) is 5.11 Å². The van der Waals surface area contributed by atoms with Crippen LogP contribution in [0.5, 0.6) is 0 Å². The topological polar surface area (TPSA) is 23.5 Å². The predicted octanol–water partition coefficient (Wildman–Crippen LogP) is 5.42. The maximum atomic E-state index is 10.9. The van der Waals surface area contributed by atoms with E-state index in [4.69, 9.17) is 0 Å². The Morgan fingerprint density at radius 2 is 1.46 bits per heavy atom. The van der Waals surface area contributed by atoms with E-state index in [1.807, 2.05) is 12.1 Å². The summed E-state index contributed by atoms with van der Waals surface area (Å²) in [5, 5.41) is 13.3. The average molecular weight is 348 g/mol. The van der Waals surface area contributed by atoms with Crippen LogP contribution in [0.25, 0.3) is 10.8 Å². The summed E-state index contributed by atoms with van der Waals surface area (Å²) in [4.78, 5) is 2.43. The van der Waals surface area contributed by atoms with Crippen molar-refractivity contribution in [1.82, 2.24) is 4.90 Å². The third kappa shape index (κ3) is 4.51. The number of hydrogen-bond donors (Lipinski definition) is 1. The van der Waals surface area contributed by atoms with Crippen molar-refractivity contribution >= 4 is 10.8 Å². The van der Waals surface area contributed by atoms with Crippen LogP contribution in [0.15, 0.2) is 72.8 Å². The Balaban J connectivity index is 1.72. The summed E-state index contributed by atoms with van der Waals surface area (Å²) in [7, 11) is 0. The van der Waals surface area contributed by atoms with Gasteiger partial charge >= 0.3 is 0 Å². The number of fused-ring (bicyclic) bond motifs is 1. The highest BCUT2D eigenvalue weighted by Gasteiger charge is 2.21. The third-order valence-electron chi connectivity index (χ3n) is 5.14. The van der Waals surface area contributed by atoms with Crippen LogP contribution in [0.2, 0.25) is 0 Å². The Kier molecular flexibility index (Phi) is 6.08. The van der Waals surface area contributed by atoms with Crippen LogP contribution in [-0.2, 0) is 6.54 Å². The maximum absolute atomic E-state index is 10.9. The lowest BCUT2D eigenvalue weighted by Crippen LogP contribution is -2.35. The zero-order chi connectivity index (χ0) is 18.5. The highest BCUT2D eigenvalue weighted by molar-refractivity contribution is 5.83. The molecule has 0 aliphatic carbocycles. The fraction of sp³-hybridized carbons (Fsp3) is 0.333. The molecule has 2 unspecified atom stereocenters. The molecule has 3 aromatic carbocycles. The number of rotatable bonds is 7. The van der Waals surface area contributed by atoms with Gasteiger partial charge in [0.25, 0.3) is 0 Å². The van der Waals surface area contributed by atoms with Crippen LogP contribution in [0.3, 0.4) is 0 Å². The smallest absolute Gasteiger partial charge is 0.0828 e. The van der Waals surface area contributed by atoms with E-state index in [0.29, 0.717) is 6.04 Å². The number of aliphatic hydroxyl groups excluding tert-OH is 1. The monoisotopic (exact) mass is 347 g/mol. The molecular weight excluding hydrogens is 318 g/mol. The van der Waals surface area contributed by atoms with Crippen molar-refractivity contribution in [1.29, 1.82) is 0 Å². The molecule has 1 N–H and O–H groups in total. The second-order valence-electron chi connectivity index (χ2n) is 7.54. The number of nitrogens with zero attached hydrogens (tertiary/aromatic N) is 1. The molecule has 3 aromatic rings. The van der Waals surface area contributed by atoms with Crippen molar-refractivity contribution in [2.24, 2.45) is 5.92 Å². The van der Waals surface area contributed by atoms with Gasteiger partial charge in [0.05, 0.1) is 6.10 Å². The zero-order valence-corrected chi connectivity index (χ0v) is 16.0. The summed E-state index contributed by atoms with van der Waals surface area (Å²) >= 11 is 0. The molecule has 0 spiro atoms. The standard InChI is InChI=1S/C24H29NO/c1-18(2)25(17-20-9-5-4-6-10-20)16-19(3)24(26)23-14-13-21-11-7-8-12-22(21)15-23/h4-15,18-19,24,26H,16-17H2,1-3H3. The van der Waals surface area contributed by atoms with Crippen molar-refractivity contribution in [3.05, 3.63) is 83.9 Å². The maximum Gasteiger partial charge on any atom is 0.0828 e. The molecule has 0 aliphatic rings. The van der Waals surface area contributed by atoms with Gasteiger partial charge in [-0.05, 0) is 47.7 Å². The third-order valence-corrected chi connectivity index (χ3v) is 5.14. The minimum absolute atomic E-state index is 0.155. The molecule has 0 radical (unpaired) electrons. The van der Waals surface area contributed by atoms with E-state index in [-0.39, 0.29) is 5.92 Å². The highest BCUT2D eigenvalue weighted by atomic mass is 16.3. The van der Waals surface area contributed by atoms with Gasteiger partial charge in [-0.2, -0.15) is 0 Å². The molecule has 136 valence electrons. The molecule has 0 heterocycles. The summed E-state index contributed by atoms with van der Waals surface area (Å²) in [5.41, 5.74) is 2.31. The van der Waals surface area contributed by atoms with Crippen LogP contribution >= 0.6 is 0 Å². The molecular formula is C24H29NO. The molecule has 0 saturated heterocycles. The highest BCUT2D eigenvalue weighted by Crippen LogP contribution is 2.27. The van der Waals surface area contributed by atoms with Crippen LogP contribution in [0.4, 0.5) is 0 Å². The molecule has 0 bridgehead atoms. The average Bonchev–Trinajstić information content (AvgIpc) is 2.67. The van der Waals surface area contributed by atoms with Crippen LogP contribution in [0.1, 0.15) is 38.0 Å². The van der Waals surface area contributed by atoms with Gasteiger partial charge < -0.3 is 5.11 Å². The summed E-state index contributed by atoms with van der Waals surface area (Å²) in [5.74, 6) is 0.155. The van der Waals surface area contributed by atoms with E-state index in [2.05, 4.69) is 86.3 Å². The van der Waals surface area contributed by atoms with Gasteiger partial charge in [-0.3, -0.25) is 4.90 Å². The molecule has 2 atom stereocenters. The van der Waals surface area contributed by atoms with Crippen molar-refractivity contribution in [3.8, 4) is 0 Å². The quantitative estimate of drug-likeness (QED) is 0.617. The minimum atomic E-state index is -0.461. The Hall–Kier alpha value is -2.16. The lowest BCUT2D eigenvalue weighted by molar-refractivity contribution is 0.0755. The van der Waals surface area contributed by atoms with Crippen molar-refractivity contribution in [2.75, 3.05) is 6.54 Å². The molecule has 0 saturated carbocycles. The van der Waals surface area contributed by atoms with Crippen LogP contribution in [-0.4, -0.2) is 22.6 Å². The van der Waals surface area contributed by atoms with Crippen LogP contribution < -0.4 is 0 Å². The van der Waals surface area contributed by atoms with Gasteiger partial charge in [0, 0.05) is 19.1 Å². The van der Waals surface area contributed by atoms with E-state index < -0.39 is 6.10 Å². The number of benzene rings is 3. The number of aliphatic hydroxyl groups is 1. The van der Waals surface area contributed by atoms with Crippen LogP contribution in [0, 0.1) is 5.92 Å². The molecule has 2 heteroatoms. The van der Waals surface area contributed by atoms with Gasteiger partial charge in [-0.15, -0.1) is 0 Å². The first-order chi connectivity index (χ1) is 12.5. The first-order valence-electron chi connectivity index (χ1n) is 9.49. The van der Waals surface area contributed by atoms with Gasteiger partial charge in [-0.1, -0.05) is 73.7 Å². The largest absolute Gasteiger partial charge is 0.388 e. The Morgan fingerprint density at radius 1 is 0.808 bits per heavy atom. The molecule has 0 aliphatic heterocycles. The lowest BCUT2D eigenvalue weighted by atomic mass is 9.94. The SMILES string of the molecule is CC(CN(Cc1ccccc1)C(C)C)C(O)c1ccc2ccccc2c1. The molecule has 0 aromatic heterocycles. The van der Waals surface area contributed by atoms with Crippen molar-refractivity contribution in [3.63, 3.8) is 0 Å². The predicted molar refractivity (Wildman–Crippen MR) is 110 cm³/mol. The van der Waals surface area contributed by atoms with Crippen molar-refractivity contribution < 1.29 is 5.11 Å². The Bertz CT molecular complexity index is 828.